The van der Waals surface area contributed by atoms with Gasteiger partial charge in [0, 0.05) is 5.25 Å². The number of hydrogen-bond donors (Lipinski definition) is 2. The standard InChI is InChI=1S/C13H15F3N2OS/c14-9-1-2-10(13(16)12(9)15)18-11(19)7-20-8-3-5-17-6-4-8/h1-2,8,17H,3-7H2,(H,18,19). The Morgan fingerprint density at radius 3 is 2.65 bits per heavy atom. The summed E-state index contributed by atoms with van der Waals surface area (Å²) in [5, 5.41) is 5.88. The molecule has 1 fully saturated rings. The van der Waals surface area contributed by atoms with Crippen LogP contribution in [-0.4, -0.2) is 30.0 Å². The number of anilines is 1. The second kappa shape index (κ2) is 6.99. The first-order valence-electron chi connectivity index (χ1n) is 6.33. The molecule has 2 rings (SSSR count). The van der Waals surface area contributed by atoms with Crippen molar-refractivity contribution < 1.29 is 18.0 Å². The molecule has 0 unspecified atom stereocenters. The van der Waals surface area contributed by atoms with Crippen molar-refractivity contribution in [2.75, 3.05) is 24.2 Å². The van der Waals surface area contributed by atoms with Gasteiger partial charge in [0.25, 0.3) is 0 Å². The van der Waals surface area contributed by atoms with Crippen LogP contribution >= 0.6 is 11.8 Å². The molecule has 0 atom stereocenters. The number of carbonyl (C=O) groups is 1. The van der Waals surface area contributed by atoms with E-state index >= 15 is 0 Å². The van der Waals surface area contributed by atoms with Crippen LogP contribution in [0.15, 0.2) is 12.1 Å². The number of amides is 1. The molecule has 0 aliphatic carbocycles. The summed E-state index contributed by atoms with van der Waals surface area (Å²) in [5.74, 6) is -4.47. The lowest BCUT2D eigenvalue weighted by Crippen LogP contribution is -2.30. The van der Waals surface area contributed by atoms with E-state index in [9.17, 15) is 18.0 Å². The van der Waals surface area contributed by atoms with Gasteiger partial charge in [-0.2, -0.15) is 0 Å². The minimum absolute atomic E-state index is 0.170. The van der Waals surface area contributed by atoms with Crippen molar-refractivity contribution in [3.8, 4) is 0 Å². The lowest BCUT2D eigenvalue weighted by molar-refractivity contribution is -0.113. The van der Waals surface area contributed by atoms with Crippen molar-refractivity contribution in [1.29, 1.82) is 0 Å². The molecule has 1 saturated heterocycles. The average Bonchev–Trinajstić information content (AvgIpc) is 2.47. The van der Waals surface area contributed by atoms with E-state index in [-0.39, 0.29) is 11.4 Å². The Bertz CT molecular complexity index is 493. The molecular weight excluding hydrogens is 289 g/mol. The van der Waals surface area contributed by atoms with Gasteiger partial charge < -0.3 is 10.6 Å². The summed E-state index contributed by atoms with van der Waals surface area (Å²) >= 11 is 1.50. The molecule has 1 aliphatic heterocycles. The summed E-state index contributed by atoms with van der Waals surface area (Å²) in [5.41, 5.74) is -0.334. The van der Waals surface area contributed by atoms with Crippen LogP contribution in [0.1, 0.15) is 12.8 Å². The highest BCUT2D eigenvalue weighted by Crippen LogP contribution is 2.22. The summed E-state index contributed by atoms with van der Waals surface area (Å²) in [4.78, 5) is 11.7. The number of halogens is 3. The molecule has 1 amide bonds. The molecule has 1 heterocycles. The highest BCUT2D eigenvalue weighted by molar-refractivity contribution is 8.00. The SMILES string of the molecule is O=C(CSC1CCNCC1)Nc1ccc(F)c(F)c1F. The number of piperidine rings is 1. The van der Waals surface area contributed by atoms with Gasteiger partial charge in [-0.05, 0) is 38.1 Å². The Morgan fingerprint density at radius 1 is 1.25 bits per heavy atom. The van der Waals surface area contributed by atoms with Crippen molar-refractivity contribution in [2.45, 2.75) is 18.1 Å². The van der Waals surface area contributed by atoms with Crippen LogP contribution in [0.25, 0.3) is 0 Å². The monoisotopic (exact) mass is 304 g/mol. The zero-order valence-corrected chi connectivity index (χ0v) is 11.5. The Labute approximate surface area is 119 Å². The fourth-order valence-electron chi connectivity index (χ4n) is 1.96. The summed E-state index contributed by atoms with van der Waals surface area (Å²) in [7, 11) is 0. The van der Waals surface area contributed by atoms with Crippen molar-refractivity contribution >= 4 is 23.4 Å². The fourth-order valence-corrected chi connectivity index (χ4v) is 2.99. The number of hydrogen-bond acceptors (Lipinski definition) is 3. The predicted octanol–water partition coefficient (Wildman–Crippen LogP) is 2.53. The van der Waals surface area contributed by atoms with Crippen LogP contribution in [0.3, 0.4) is 0 Å². The van der Waals surface area contributed by atoms with E-state index in [1.54, 1.807) is 0 Å². The van der Waals surface area contributed by atoms with Gasteiger partial charge in [-0.25, -0.2) is 13.2 Å². The molecule has 20 heavy (non-hydrogen) atoms. The van der Waals surface area contributed by atoms with Gasteiger partial charge in [-0.15, -0.1) is 11.8 Å². The third kappa shape index (κ3) is 3.89. The molecule has 2 N–H and O–H groups in total. The maximum absolute atomic E-state index is 13.4. The van der Waals surface area contributed by atoms with E-state index in [0.717, 1.165) is 38.1 Å². The van der Waals surface area contributed by atoms with E-state index < -0.39 is 23.4 Å². The van der Waals surface area contributed by atoms with Crippen LogP contribution in [0.4, 0.5) is 18.9 Å². The van der Waals surface area contributed by atoms with Gasteiger partial charge in [0.05, 0.1) is 11.4 Å². The van der Waals surface area contributed by atoms with Crippen LogP contribution in [0, 0.1) is 17.5 Å². The van der Waals surface area contributed by atoms with Gasteiger partial charge >= 0.3 is 0 Å². The Morgan fingerprint density at radius 2 is 1.95 bits per heavy atom. The summed E-state index contributed by atoms with van der Waals surface area (Å²) in [6, 6.07) is 1.80. The summed E-state index contributed by atoms with van der Waals surface area (Å²) in [6.45, 7) is 1.86. The molecule has 0 saturated carbocycles. The maximum Gasteiger partial charge on any atom is 0.234 e. The van der Waals surface area contributed by atoms with Crippen LogP contribution in [-0.2, 0) is 4.79 Å². The van der Waals surface area contributed by atoms with E-state index in [1.165, 1.54) is 11.8 Å². The van der Waals surface area contributed by atoms with Crippen molar-refractivity contribution in [3.05, 3.63) is 29.6 Å². The molecule has 0 spiro atoms. The Balaban J connectivity index is 1.86. The first kappa shape index (κ1) is 15.2. The maximum atomic E-state index is 13.4. The highest BCUT2D eigenvalue weighted by Gasteiger charge is 2.17. The topological polar surface area (TPSA) is 41.1 Å². The molecule has 3 nitrogen and oxygen atoms in total. The van der Waals surface area contributed by atoms with E-state index in [2.05, 4.69) is 10.6 Å². The molecule has 1 aromatic carbocycles. The number of thioether (sulfide) groups is 1. The van der Waals surface area contributed by atoms with Crippen molar-refractivity contribution in [2.24, 2.45) is 0 Å². The lowest BCUT2D eigenvalue weighted by Gasteiger charge is -2.21. The van der Waals surface area contributed by atoms with E-state index in [0.29, 0.717) is 5.25 Å². The molecule has 110 valence electrons. The second-order valence-electron chi connectivity index (χ2n) is 4.53. The van der Waals surface area contributed by atoms with Gasteiger partial charge in [0.15, 0.2) is 17.5 Å². The van der Waals surface area contributed by atoms with Gasteiger partial charge in [0.1, 0.15) is 0 Å². The van der Waals surface area contributed by atoms with Crippen LogP contribution in [0.5, 0.6) is 0 Å². The molecular formula is C13H15F3N2OS. The normalized spacial score (nSPS) is 16.1. The van der Waals surface area contributed by atoms with Crippen LogP contribution < -0.4 is 10.6 Å². The molecule has 0 aromatic heterocycles. The molecule has 0 radical (unpaired) electrons. The lowest BCUT2D eigenvalue weighted by atomic mass is 10.2. The second-order valence-corrected chi connectivity index (χ2v) is 5.82. The Kier molecular flexibility index (Phi) is 5.31. The number of benzene rings is 1. The number of nitrogens with one attached hydrogen (secondary N) is 2. The average molecular weight is 304 g/mol. The largest absolute Gasteiger partial charge is 0.323 e. The molecule has 0 bridgehead atoms. The first-order valence-corrected chi connectivity index (χ1v) is 7.38. The quantitative estimate of drug-likeness (QED) is 0.840. The Hall–Kier alpha value is -1.21. The third-order valence-corrected chi connectivity index (χ3v) is 4.42. The number of rotatable bonds is 4. The minimum Gasteiger partial charge on any atom is -0.323 e. The minimum atomic E-state index is -1.58. The third-order valence-electron chi connectivity index (χ3n) is 3.05. The highest BCUT2D eigenvalue weighted by atomic mass is 32.2. The molecule has 1 aliphatic rings. The van der Waals surface area contributed by atoms with Gasteiger partial charge in [-0.1, -0.05) is 0 Å². The smallest absolute Gasteiger partial charge is 0.234 e. The van der Waals surface area contributed by atoms with Gasteiger partial charge in [-0.3, -0.25) is 4.79 Å². The van der Waals surface area contributed by atoms with Crippen LogP contribution in [0.2, 0.25) is 0 Å². The summed E-state index contributed by atoms with van der Waals surface area (Å²) in [6.07, 6.45) is 1.97. The van der Waals surface area contributed by atoms with E-state index in [1.807, 2.05) is 0 Å². The first-order chi connectivity index (χ1) is 9.58. The zero-order valence-electron chi connectivity index (χ0n) is 10.7. The molecule has 7 heteroatoms. The van der Waals surface area contributed by atoms with Crippen molar-refractivity contribution in [3.63, 3.8) is 0 Å². The fraction of sp³-hybridized carbons (Fsp3) is 0.462. The van der Waals surface area contributed by atoms with E-state index in [4.69, 9.17) is 0 Å². The van der Waals surface area contributed by atoms with Crippen molar-refractivity contribution in [1.82, 2.24) is 5.32 Å². The molecule has 1 aromatic rings. The number of carbonyl (C=O) groups excluding carboxylic acids is 1. The predicted molar refractivity (Wildman–Crippen MR) is 73.3 cm³/mol. The zero-order chi connectivity index (χ0) is 14.5. The van der Waals surface area contributed by atoms with Gasteiger partial charge in [0.2, 0.25) is 5.91 Å². The summed E-state index contributed by atoms with van der Waals surface area (Å²) < 4.78 is 39.1.